The van der Waals surface area contributed by atoms with Crippen molar-refractivity contribution in [2.45, 2.75) is 0 Å². The molecule has 2 nitrogen and oxygen atoms in total. The SMILES string of the molecule is COc1ccc(N(c2cc3ccc4cccc5ccc(c2)c3c45)c2ccc3c(c2)c2ccccc2c2c(-c4ccccc4)cc(-c4ccccc4)c(-c4ccccc4)c32)cc1. The molecule has 0 aliphatic carbocycles. The van der Waals surface area contributed by atoms with Gasteiger partial charge in [0.05, 0.1) is 7.11 Å². The highest BCUT2D eigenvalue weighted by Crippen LogP contribution is 2.50. The monoisotopic (exact) mass is 777 g/mol. The first-order chi connectivity index (χ1) is 30.2. The Hall–Kier alpha value is -7.94. The minimum atomic E-state index is 0.826. The molecule has 61 heavy (non-hydrogen) atoms. The number of hydrogen-bond donors (Lipinski definition) is 0. The van der Waals surface area contributed by atoms with Gasteiger partial charge in [0.15, 0.2) is 0 Å². The predicted octanol–water partition coefficient (Wildman–Crippen LogP) is 16.5. The van der Waals surface area contributed by atoms with Crippen molar-refractivity contribution in [1.29, 1.82) is 0 Å². The van der Waals surface area contributed by atoms with Crippen molar-refractivity contribution in [1.82, 2.24) is 0 Å². The zero-order valence-corrected chi connectivity index (χ0v) is 33.6. The molecule has 286 valence electrons. The van der Waals surface area contributed by atoms with E-state index in [1.54, 1.807) is 7.11 Å². The lowest BCUT2D eigenvalue weighted by molar-refractivity contribution is 0.415. The molecule has 0 bridgehead atoms. The zero-order chi connectivity index (χ0) is 40.4. The van der Waals surface area contributed by atoms with Crippen molar-refractivity contribution in [3.63, 3.8) is 0 Å². The molecule has 0 saturated heterocycles. The van der Waals surface area contributed by atoms with E-state index in [9.17, 15) is 0 Å². The summed E-state index contributed by atoms with van der Waals surface area (Å²) in [5, 5.41) is 15.0. The quantitative estimate of drug-likeness (QED) is 0.149. The van der Waals surface area contributed by atoms with E-state index in [1.807, 2.05) is 0 Å². The van der Waals surface area contributed by atoms with E-state index in [-0.39, 0.29) is 0 Å². The summed E-state index contributed by atoms with van der Waals surface area (Å²) in [6, 6.07) is 80.0. The average molecular weight is 778 g/mol. The van der Waals surface area contributed by atoms with Crippen LogP contribution < -0.4 is 9.64 Å². The Morgan fingerprint density at radius 2 is 0.836 bits per heavy atom. The van der Waals surface area contributed by atoms with Crippen molar-refractivity contribution in [3.8, 4) is 39.1 Å². The van der Waals surface area contributed by atoms with Gasteiger partial charge in [0.25, 0.3) is 0 Å². The first-order valence-corrected chi connectivity index (χ1v) is 20.9. The Bertz CT molecular complexity index is 3530. The van der Waals surface area contributed by atoms with Crippen LogP contribution in [0, 0.1) is 0 Å². The molecular formula is C59H39NO. The molecule has 0 atom stereocenters. The Balaban J connectivity index is 1.20. The fraction of sp³-hybridized carbons (Fsp3) is 0.0169. The summed E-state index contributed by atoms with van der Waals surface area (Å²) in [7, 11) is 1.72. The molecule has 2 heteroatoms. The summed E-state index contributed by atoms with van der Waals surface area (Å²) in [6.45, 7) is 0. The maximum absolute atomic E-state index is 5.65. The van der Waals surface area contributed by atoms with Crippen molar-refractivity contribution >= 4 is 81.7 Å². The summed E-state index contributed by atoms with van der Waals surface area (Å²) in [5.41, 5.74) is 10.5. The smallest absolute Gasteiger partial charge is 0.119 e. The fourth-order valence-corrected chi connectivity index (χ4v) is 9.92. The van der Waals surface area contributed by atoms with Crippen LogP contribution in [0.15, 0.2) is 218 Å². The fourth-order valence-electron chi connectivity index (χ4n) is 9.92. The first-order valence-electron chi connectivity index (χ1n) is 20.9. The van der Waals surface area contributed by atoms with Crippen molar-refractivity contribution in [2.75, 3.05) is 12.0 Å². The summed E-state index contributed by atoms with van der Waals surface area (Å²) in [5.74, 6) is 0.826. The maximum Gasteiger partial charge on any atom is 0.119 e. The third-order valence-electron chi connectivity index (χ3n) is 12.6. The molecule has 0 saturated carbocycles. The minimum Gasteiger partial charge on any atom is -0.497 e. The molecule has 12 aromatic carbocycles. The summed E-state index contributed by atoms with van der Waals surface area (Å²) in [4.78, 5) is 2.40. The van der Waals surface area contributed by atoms with Gasteiger partial charge in [0, 0.05) is 17.1 Å². The van der Waals surface area contributed by atoms with E-state index in [1.165, 1.54) is 98.0 Å². The molecule has 12 aromatic rings. The molecule has 0 unspecified atom stereocenters. The van der Waals surface area contributed by atoms with Crippen LogP contribution in [0.25, 0.3) is 98.0 Å². The molecular weight excluding hydrogens is 739 g/mol. The predicted molar refractivity (Wildman–Crippen MR) is 260 cm³/mol. The second-order valence-corrected chi connectivity index (χ2v) is 16.0. The van der Waals surface area contributed by atoms with Gasteiger partial charge in [-0.25, -0.2) is 0 Å². The molecule has 0 radical (unpaired) electrons. The Kier molecular flexibility index (Phi) is 8.11. The van der Waals surface area contributed by atoms with Crippen LogP contribution in [0.2, 0.25) is 0 Å². The van der Waals surface area contributed by atoms with E-state index in [2.05, 4.69) is 223 Å². The van der Waals surface area contributed by atoms with Crippen LogP contribution in [-0.2, 0) is 0 Å². The highest BCUT2D eigenvalue weighted by Gasteiger charge is 2.23. The number of nitrogens with zero attached hydrogens (tertiary/aromatic N) is 1. The molecule has 0 heterocycles. The molecule has 0 aromatic heterocycles. The summed E-state index contributed by atoms with van der Waals surface area (Å²) in [6.07, 6.45) is 0. The second kappa shape index (κ2) is 14.1. The van der Waals surface area contributed by atoms with Gasteiger partial charge in [-0.3, -0.25) is 0 Å². The molecule has 0 spiro atoms. The maximum atomic E-state index is 5.65. The molecule has 0 amide bonds. The van der Waals surface area contributed by atoms with E-state index in [0.717, 1.165) is 22.8 Å². The van der Waals surface area contributed by atoms with Crippen molar-refractivity contribution in [2.24, 2.45) is 0 Å². The topological polar surface area (TPSA) is 12.5 Å². The normalized spacial score (nSPS) is 11.7. The number of benzene rings is 12. The Morgan fingerprint density at radius 1 is 0.311 bits per heavy atom. The lowest BCUT2D eigenvalue weighted by atomic mass is 9.81. The average Bonchev–Trinajstić information content (AvgIpc) is 3.33. The molecule has 12 rings (SSSR count). The number of ether oxygens (including phenoxy) is 1. The second-order valence-electron chi connectivity index (χ2n) is 16.0. The highest BCUT2D eigenvalue weighted by molar-refractivity contribution is 6.33. The van der Waals surface area contributed by atoms with Gasteiger partial charge in [-0.2, -0.15) is 0 Å². The van der Waals surface area contributed by atoms with Crippen LogP contribution in [0.5, 0.6) is 5.75 Å². The third-order valence-corrected chi connectivity index (χ3v) is 12.6. The Labute approximate surface area is 354 Å². The van der Waals surface area contributed by atoms with Crippen molar-refractivity contribution in [3.05, 3.63) is 218 Å². The van der Waals surface area contributed by atoms with Gasteiger partial charge in [-0.05, 0) is 153 Å². The van der Waals surface area contributed by atoms with Crippen LogP contribution >= 0.6 is 0 Å². The van der Waals surface area contributed by atoms with Gasteiger partial charge in [0.1, 0.15) is 5.75 Å². The van der Waals surface area contributed by atoms with Gasteiger partial charge in [0.2, 0.25) is 0 Å². The number of fused-ring (bicyclic) bond motifs is 6. The van der Waals surface area contributed by atoms with E-state index in [4.69, 9.17) is 4.74 Å². The molecule has 0 N–H and O–H groups in total. The van der Waals surface area contributed by atoms with Gasteiger partial charge in [-0.15, -0.1) is 0 Å². The molecule has 0 fully saturated rings. The summed E-state index contributed by atoms with van der Waals surface area (Å²) < 4.78 is 5.65. The van der Waals surface area contributed by atoms with Crippen LogP contribution in [0.3, 0.4) is 0 Å². The van der Waals surface area contributed by atoms with Gasteiger partial charge < -0.3 is 9.64 Å². The lowest BCUT2D eigenvalue weighted by Crippen LogP contribution is -2.10. The third kappa shape index (κ3) is 5.64. The van der Waals surface area contributed by atoms with E-state index >= 15 is 0 Å². The molecule has 0 aliphatic rings. The van der Waals surface area contributed by atoms with E-state index in [0.29, 0.717) is 0 Å². The number of hydrogen-bond acceptors (Lipinski definition) is 2. The van der Waals surface area contributed by atoms with Crippen LogP contribution in [0.1, 0.15) is 0 Å². The molecule has 0 aliphatic heterocycles. The van der Waals surface area contributed by atoms with E-state index < -0.39 is 0 Å². The lowest BCUT2D eigenvalue weighted by Gasteiger charge is -2.28. The largest absolute Gasteiger partial charge is 0.497 e. The first kappa shape index (κ1) is 35.0. The minimum absolute atomic E-state index is 0.826. The van der Waals surface area contributed by atoms with Crippen molar-refractivity contribution < 1.29 is 4.74 Å². The van der Waals surface area contributed by atoms with Gasteiger partial charge >= 0.3 is 0 Å². The Morgan fingerprint density at radius 3 is 1.48 bits per heavy atom. The number of methoxy groups -OCH3 is 1. The number of anilines is 3. The zero-order valence-electron chi connectivity index (χ0n) is 33.6. The summed E-state index contributed by atoms with van der Waals surface area (Å²) >= 11 is 0. The van der Waals surface area contributed by atoms with Crippen LogP contribution in [-0.4, -0.2) is 7.11 Å². The standard InChI is InChI=1S/C59H39NO/c1-61-48-31-28-45(29-32-48)60(47-34-43-26-24-41-20-13-21-42-25-27-44(35-47)56(43)55(41)42)46-30-33-51-54(36-46)49-22-11-12-23-50(49)58-53(39-16-7-3-8-17-39)37-52(38-14-5-2-6-15-38)57(59(51)58)40-18-9-4-10-19-40/h2-37H,1H3. The van der Waals surface area contributed by atoms with Crippen LogP contribution in [0.4, 0.5) is 17.1 Å². The van der Waals surface area contributed by atoms with Gasteiger partial charge in [-0.1, -0.05) is 164 Å². The highest BCUT2D eigenvalue weighted by atomic mass is 16.5. The number of rotatable bonds is 7.